The van der Waals surface area contributed by atoms with Crippen LogP contribution in [0.1, 0.15) is 12.8 Å². The fourth-order valence-corrected chi connectivity index (χ4v) is 5.55. The van der Waals surface area contributed by atoms with Gasteiger partial charge in [-0.05, 0) is 30.4 Å². The molecule has 0 amide bonds. The van der Waals surface area contributed by atoms with E-state index in [1.54, 1.807) is 22.7 Å². The fourth-order valence-electron chi connectivity index (χ4n) is 3.58. The number of anilines is 1. The van der Waals surface area contributed by atoms with Crippen LogP contribution in [0.25, 0.3) is 0 Å². The third-order valence-electron chi connectivity index (χ3n) is 4.85. The van der Waals surface area contributed by atoms with E-state index in [1.165, 1.54) is 11.3 Å². The third kappa shape index (κ3) is 5.23. The van der Waals surface area contributed by atoms with E-state index < -0.39 is 10.0 Å². The molecule has 2 saturated heterocycles. The summed E-state index contributed by atoms with van der Waals surface area (Å²) in [4.78, 5) is 9.05. The number of rotatable bonds is 4. The van der Waals surface area contributed by atoms with Gasteiger partial charge < -0.3 is 15.1 Å². The molecule has 26 heavy (non-hydrogen) atoms. The van der Waals surface area contributed by atoms with Gasteiger partial charge in [-0.25, -0.2) is 8.42 Å². The second-order valence-electron chi connectivity index (χ2n) is 6.52. The molecule has 0 aliphatic carbocycles. The average molecular weight is 513 g/mol. The van der Waals surface area contributed by atoms with Crippen LogP contribution in [0.2, 0.25) is 0 Å². The number of aliphatic imine (C=N–C) groups is 1. The van der Waals surface area contributed by atoms with Crippen molar-refractivity contribution in [3.8, 4) is 0 Å². The maximum Gasteiger partial charge on any atom is 0.211 e. The summed E-state index contributed by atoms with van der Waals surface area (Å²) in [6, 6.07) is 4.27. The molecule has 0 spiro atoms. The fraction of sp³-hybridized carbons (Fsp3) is 0.688. The largest absolute Gasteiger partial charge is 0.360 e. The van der Waals surface area contributed by atoms with Crippen LogP contribution in [0.4, 0.5) is 5.00 Å². The minimum Gasteiger partial charge on any atom is -0.360 e. The highest BCUT2D eigenvalue weighted by molar-refractivity contribution is 14.0. The first-order valence-electron chi connectivity index (χ1n) is 8.70. The molecule has 1 aromatic rings. The number of hydrogen-bond acceptors (Lipinski definition) is 5. The summed E-state index contributed by atoms with van der Waals surface area (Å²) in [5.74, 6) is 0.867. The molecule has 3 rings (SSSR count). The van der Waals surface area contributed by atoms with Crippen LogP contribution < -0.4 is 10.2 Å². The summed E-state index contributed by atoms with van der Waals surface area (Å²) < 4.78 is 25.3. The Hall–Kier alpha value is -0.590. The number of halogens is 1. The van der Waals surface area contributed by atoms with E-state index >= 15 is 0 Å². The highest BCUT2D eigenvalue weighted by Crippen LogP contribution is 2.22. The van der Waals surface area contributed by atoms with E-state index in [0.717, 1.165) is 45.0 Å². The molecule has 0 bridgehead atoms. The second-order valence-corrected chi connectivity index (χ2v) is 9.38. The van der Waals surface area contributed by atoms with Crippen LogP contribution in [0.3, 0.4) is 0 Å². The molecule has 1 aromatic heterocycles. The molecule has 2 fully saturated rings. The van der Waals surface area contributed by atoms with Gasteiger partial charge in [-0.15, -0.1) is 35.3 Å². The molecule has 0 unspecified atom stereocenters. The highest BCUT2D eigenvalue weighted by atomic mass is 127. The van der Waals surface area contributed by atoms with Gasteiger partial charge in [-0.1, -0.05) is 0 Å². The van der Waals surface area contributed by atoms with Crippen LogP contribution in [-0.4, -0.2) is 82.2 Å². The average Bonchev–Trinajstić information content (AvgIpc) is 3.27. The van der Waals surface area contributed by atoms with Gasteiger partial charge in [-0.2, -0.15) is 4.31 Å². The van der Waals surface area contributed by atoms with Crippen LogP contribution >= 0.6 is 35.3 Å². The normalized spacial score (nSPS) is 22.4. The van der Waals surface area contributed by atoms with Crippen molar-refractivity contribution in [1.29, 1.82) is 0 Å². The Labute approximate surface area is 177 Å². The zero-order valence-corrected chi connectivity index (χ0v) is 19.3. The summed E-state index contributed by atoms with van der Waals surface area (Å²) >= 11 is 1.77. The highest BCUT2D eigenvalue weighted by Gasteiger charge is 2.31. The zero-order chi connectivity index (χ0) is 17.9. The van der Waals surface area contributed by atoms with Crippen molar-refractivity contribution in [2.45, 2.75) is 18.9 Å². The Bertz CT molecular complexity index is 688. The molecule has 3 heterocycles. The van der Waals surface area contributed by atoms with Crippen molar-refractivity contribution in [3.05, 3.63) is 17.5 Å². The van der Waals surface area contributed by atoms with Crippen molar-refractivity contribution in [2.24, 2.45) is 4.99 Å². The lowest BCUT2D eigenvalue weighted by atomic mass is 10.2. The number of guanidine groups is 1. The Morgan fingerprint density at radius 2 is 2.04 bits per heavy atom. The van der Waals surface area contributed by atoms with Gasteiger partial charge in [-0.3, -0.25) is 4.99 Å². The van der Waals surface area contributed by atoms with Crippen molar-refractivity contribution in [1.82, 2.24) is 14.5 Å². The van der Waals surface area contributed by atoms with Crippen LogP contribution in [0.15, 0.2) is 22.5 Å². The van der Waals surface area contributed by atoms with Crippen molar-refractivity contribution >= 4 is 56.3 Å². The molecule has 1 atom stereocenters. The lowest BCUT2D eigenvalue weighted by Gasteiger charge is -2.37. The molecular formula is C16H28IN5O2S2. The smallest absolute Gasteiger partial charge is 0.211 e. The number of sulfonamides is 1. The molecule has 7 nitrogen and oxygen atoms in total. The summed E-state index contributed by atoms with van der Waals surface area (Å²) in [7, 11) is -1.34. The van der Waals surface area contributed by atoms with Gasteiger partial charge in [0.2, 0.25) is 10.0 Å². The maximum absolute atomic E-state index is 11.9. The lowest BCUT2D eigenvalue weighted by molar-refractivity contribution is 0.356. The molecule has 1 N–H and O–H groups in total. The first-order chi connectivity index (χ1) is 12.0. The van der Waals surface area contributed by atoms with E-state index in [0.29, 0.717) is 13.1 Å². The van der Waals surface area contributed by atoms with Crippen LogP contribution in [-0.2, 0) is 10.0 Å². The van der Waals surface area contributed by atoms with E-state index in [9.17, 15) is 8.42 Å². The van der Waals surface area contributed by atoms with Gasteiger partial charge in [0.15, 0.2) is 5.96 Å². The predicted octanol–water partition coefficient (Wildman–Crippen LogP) is 1.49. The molecule has 0 aromatic carbocycles. The number of thiophene rings is 1. The summed E-state index contributed by atoms with van der Waals surface area (Å²) in [6.45, 7) is 5.02. The predicted molar refractivity (Wildman–Crippen MR) is 119 cm³/mol. The zero-order valence-electron chi connectivity index (χ0n) is 15.3. The van der Waals surface area contributed by atoms with Gasteiger partial charge in [0.1, 0.15) is 0 Å². The molecular weight excluding hydrogens is 485 g/mol. The monoisotopic (exact) mass is 513 g/mol. The number of hydrogen-bond donors (Lipinski definition) is 1. The van der Waals surface area contributed by atoms with E-state index in [1.807, 2.05) is 0 Å². The van der Waals surface area contributed by atoms with Crippen molar-refractivity contribution in [3.63, 3.8) is 0 Å². The molecule has 148 valence electrons. The third-order valence-corrected chi connectivity index (χ3v) is 7.12. The molecule has 2 aliphatic rings. The summed E-state index contributed by atoms with van der Waals surface area (Å²) in [6.07, 6.45) is 3.13. The number of nitrogens with one attached hydrogen (secondary N) is 1. The standard InChI is InChI=1S/C16H27N5O2S2.HI/c1-17-16(18-13-14-5-3-7-21(14)25(2,22)23)20-10-8-19(9-11-20)15-6-4-12-24-15;/h4,6,12,14H,3,5,7-11,13H2,1-2H3,(H,17,18);1H/t14-;/m1./s1. The Morgan fingerprint density at radius 1 is 1.31 bits per heavy atom. The van der Waals surface area contributed by atoms with Gasteiger partial charge >= 0.3 is 0 Å². The Balaban J connectivity index is 0.00000243. The SMILES string of the molecule is CN=C(NC[C@H]1CCCN1S(C)(=O)=O)N1CCN(c2cccs2)CC1.I. The second kappa shape index (κ2) is 9.56. The minimum atomic E-state index is -3.13. The first-order valence-corrected chi connectivity index (χ1v) is 11.4. The topological polar surface area (TPSA) is 68.2 Å². The minimum absolute atomic E-state index is 0. The molecule has 2 aliphatic heterocycles. The summed E-state index contributed by atoms with van der Waals surface area (Å²) in [5.41, 5.74) is 0. The van der Waals surface area contributed by atoms with Crippen molar-refractivity contribution in [2.75, 3.05) is 57.5 Å². The molecule has 0 saturated carbocycles. The first kappa shape index (κ1) is 21.7. The molecule has 10 heteroatoms. The van der Waals surface area contributed by atoms with Crippen molar-refractivity contribution < 1.29 is 8.42 Å². The van der Waals surface area contributed by atoms with Crippen LogP contribution in [0.5, 0.6) is 0 Å². The molecule has 0 radical (unpaired) electrons. The summed E-state index contributed by atoms with van der Waals surface area (Å²) in [5, 5.41) is 6.81. The Morgan fingerprint density at radius 3 is 2.62 bits per heavy atom. The Kier molecular flexibility index (Phi) is 7.98. The quantitative estimate of drug-likeness (QED) is 0.376. The maximum atomic E-state index is 11.9. The number of nitrogens with zero attached hydrogens (tertiary/aromatic N) is 4. The van der Waals surface area contributed by atoms with E-state index in [2.05, 4.69) is 37.6 Å². The van der Waals surface area contributed by atoms with Gasteiger partial charge in [0, 0.05) is 52.4 Å². The van der Waals surface area contributed by atoms with Gasteiger partial charge in [0.05, 0.1) is 11.3 Å². The van der Waals surface area contributed by atoms with Gasteiger partial charge in [0.25, 0.3) is 0 Å². The van der Waals surface area contributed by atoms with Crippen LogP contribution in [0, 0.1) is 0 Å². The van der Waals surface area contributed by atoms with E-state index in [-0.39, 0.29) is 30.0 Å². The number of piperazine rings is 1. The van der Waals surface area contributed by atoms with E-state index in [4.69, 9.17) is 0 Å². The lowest BCUT2D eigenvalue weighted by Crippen LogP contribution is -2.54.